The van der Waals surface area contributed by atoms with Gasteiger partial charge in [0.1, 0.15) is 17.4 Å². The standard InChI is InChI=1S/C21H27FN6O2/c22-15-3-5-16(6-4-15)27-19(24)18(20(25)29)12-26-21(14-23)7-9-28(10-8-21)13-17-2-1-11-30-17/h1-6,11-12,26H,7-10,13-14,23H2,(H2,24,27)(H2,25,29)/b18-12+. The van der Waals surface area contributed by atoms with E-state index in [9.17, 15) is 9.18 Å². The maximum atomic E-state index is 13.1. The first kappa shape index (κ1) is 21.5. The molecule has 1 saturated heterocycles. The van der Waals surface area contributed by atoms with Crippen LogP contribution in [0.5, 0.6) is 0 Å². The molecule has 0 bridgehead atoms. The molecule has 0 spiro atoms. The van der Waals surface area contributed by atoms with E-state index in [4.69, 9.17) is 21.6 Å². The van der Waals surface area contributed by atoms with Crippen LogP contribution in [0.25, 0.3) is 0 Å². The largest absolute Gasteiger partial charge is 0.468 e. The number of halogens is 1. The molecule has 1 aliphatic heterocycles. The zero-order valence-electron chi connectivity index (χ0n) is 16.7. The van der Waals surface area contributed by atoms with E-state index < -0.39 is 5.91 Å². The second kappa shape index (κ2) is 9.55. The van der Waals surface area contributed by atoms with Gasteiger partial charge >= 0.3 is 0 Å². The minimum Gasteiger partial charge on any atom is -0.468 e. The molecule has 0 radical (unpaired) electrons. The lowest BCUT2D eigenvalue weighted by atomic mass is 9.87. The fraction of sp³-hybridized carbons (Fsp3) is 0.333. The van der Waals surface area contributed by atoms with E-state index in [1.165, 1.54) is 30.5 Å². The number of benzene rings is 1. The van der Waals surface area contributed by atoms with Gasteiger partial charge in [-0.3, -0.25) is 9.69 Å². The number of carbonyl (C=O) groups excluding carboxylic acids is 1. The molecule has 8 nitrogen and oxygen atoms in total. The summed E-state index contributed by atoms with van der Waals surface area (Å²) in [5, 5.41) is 3.26. The summed E-state index contributed by atoms with van der Waals surface area (Å²) in [6, 6.07) is 9.28. The average molecular weight is 414 g/mol. The highest BCUT2D eigenvalue weighted by Gasteiger charge is 2.33. The minimum absolute atomic E-state index is 0.0464. The second-order valence-electron chi connectivity index (χ2n) is 7.38. The highest BCUT2D eigenvalue weighted by molar-refractivity contribution is 6.20. The molecule has 3 rings (SSSR count). The summed E-state index contributed by atoms with van der Waals surface area (Å²) in [5.41, 5.74) is 17.6. The smallest absolute Gasteiger partial charge is 0.253 e. The summed E-state index contributed by atoms with van der Waals surface area (Å²) in [4.78, 5) is 18.4. The molecule has 7 N–H and O–H groups in total. The van der Waals surface area contributed by atoms with Gasteiger partial charge in [0, 0.05) is 25.8 Å². The van der Waals surface area contributed by atoms with Crippen LogP contribution in [-0.2, 0) is 11.3 Å². The van der Waals surface area contributed by atoms with Gasteiger partial charge < -0.3 is 26.9 Å². The Morgan fingerprint density at radius 1 is 1.23 bits per heavy atom. The van der Waals surface area contributed by atoms with E-state index in [-0.39, 0.29) is 22.8 Å². The molecule has 30 heavy (non-hydrogen) atoms. The Hall–Kier alpha value is -3.17. The van der Waals surface area contributed by atoms with Gasteiger partial charge in [0.05, 0.1) is 29.6 Å². The molecular formula is C21H27FN6O2. The Morgan fingerprint density at radius 2 is 1.93 bits per heavy atom. The highest BCUT2D eigenvalue weighted by Crippen LogP contribution is 2.23. The first-order valence-electron chi connectivity index (χ1n) is 9.73. The number of primary amides is 1. The Balaban J connectivity index is 1.68. The van der Waals surface area contributed by atoms with Crippen molar-refractivity contribution >= 4 is 17.4 Å². The van der Waals surface area contributed by atoms with Crippen molar-refractivity contribution in [3.8, 4) is 0 Å². The van der Waals surface area contributed by atoms with Crippen molar-refractivity contribution in [2.45, 2.75) is 24.9 Å². The van der Waals surface area contributed by atoms with Crippen molar-refractivity contribution in [3.63, 3.8) is 0 Å². The Bertz CT molecular complexity index is 900. The van der Waals surface area contributed by atoms with Crippen LogP contribution in [0.2, 0.25) is 0 Å². The second-order valence-corrected chi connectivity index (χ2v) is 7.38. The van der Waals surface area contributed by atoms with E-state index in [1.807, 2.05) is 12.1 Å². The Kier molecular flexibility index (Phi) is 6.86. The number of nitrogens with zero attached hydrogens (tertiary/aromatic N) is 2. The van der Waals surface area contributed by atoms with Gasteiger partial charge in [0.25, 0.3) is 5.91 Å². The van der Waals surface area contributed by atoms with Crippen molar-refractivity contribution in [1.82, 2.24) is 10.2 Å². The first-order valence-corrected chi connectivity index (χ1v) is 9.73. The zero-order valence-corrected chi connectivity index (χ0v) is 16.7. The zero-order chi connectivity index (χ0) is 21.6. The number of aliphatic imine (C=N–C) groups is 1. The van der Waals surface area contributed by atoms with Crippen molar-refractivity contribution in [2.75, 3.05) is 19.6 Å². The summed E-state index contributed by atoms with van der Waals surface area (Å²) >= 11 is 0. The van der Waals surface area contributed by atoms with Gasteiger partial charge in [-0.1, -0.05) is 0 Å². The van der Waals surface area contributed by atoms with Crippen LogP contribution in [0.3, 0.4) is 0 Å². The molecule has 1 fully saturated rings. The van der Waals surface area contributed by atoms with Crippen LogP contribution < -0.4 is 22.5 Å². The maximum Gasteiger partial charge on any atom is 0.253 e. The number of nitrogens with two attached hydrogens (primary N) is 3. The minimum atomic E-state index is -0.715. The lowest BCUT2D eigenvalue weighted by Crippen LogP contribution is -2.56. The van der Waals surface area contributed by atoms with Gasteiger partial charge in [0.2, 0.25) is 0 Å². The average Bonchev–Trinajstić information content (AvgIpc) is 3.24. The van der Waals surface area contributed by atoms with E-state index in [0.717, 1.165) is 38.2 Å². The van der Waals surface area contributed by atoms with E-state index in [0.29, 0.717) is 12.2 Å². The van der Waals surface area contributed by atoms with Gasteiger partial charge in [-0.15, -0.1) is 0 Å². The predicted octanol–water partition coefficient (Wildman–Crippen LogP) is 1.36. The van der Waals surface area contributed by atoms with Crippen LogP contribution in [0.4, 0.5) is 10.1 Å². The van der Waals surface area contributed by atoms with Crippen molar-refractivity contribution in [2.24, 2.45) is 22.2 Å². The number of piperidine rings is 1. The summed E-state index contributed by atoms with van der Waals surface area (Å²) in [5.74, 6) is -0.232. The van der Waals surface area contributed by atoms with Crippen LogP contribution in [0.1, 0.15) is 18.6 Å². The molecule has 0 unspecified atom stereocenters. The van der Waals surface area contributed by atoms with Gasteiger partial charge in [-0.2, -0.15) is 0 Å². The number of hydrogen-bond donors (Lipinski definition) is 4. The van der Waals surface area contributed by atoms with Crippen LogP contribution >= 0.6 is 0 Å². The Labute approximate surface area is 174 Å². The molecule has 2 heterocycles. The summed E-state index contributed by atoms with van der Waals surface area (Å²) < 4.78 is 18.5. The maximum absolute atomic E-state index is 13.1. The topological polar surface area (TPSA) is 136 Å². The quantitative estimate of drug-likeness (QED) is 0.293. The normalized spacial score (nSPS) is 17.7. The molecule has 0 aliphatic carbocycles. The van der Waals surface area contributed by atoms with Gasteiger partial charge in [0.15, 0.2) is 0 Å². The molecule has 1 amide bonds. The molecule has 1 aromatic heterocycles. The predicted molar refractivity (Wildman–Crippen MR) is 113 cm³/mol. The SMILES string of the molecule is NCC1(N/C=C(/C(N)=O)C(N)=Nc2ccc(F)cc2)CCN(Cc2ccco2)CC1. The molecule has 9 heteroatoms. The van der Waals surface area contributed by atoms with Crippen molar-refractivity contribution < 1.29 is 13.6 Å². The van der Waals surface area contributed by atoms with E-state index >= 15 is 0 Å². The third kappa shape index (κ3) is 5.46. The summed E-state index contributed by atoms with van der Waals surface area (Å²) in [6.45, 7) is 2.78. The van der Waals surface area contributed by atoms with Gasteiger partial charge in [-0.05, 0) is 49.2 Å². The summed E-state index contributed by atoms with van der Waals surface area (Å²) in [6.07, 6.45) is 4.71. The molecule has 1 aromatic carbocycles. The van der Waals surface area contributed by atoms with Crippen LogP contribution in [-0.4, -0.2) is 41.8 Å². The van der Waals surface area contributed by atoms with Crippen molar-refractivity contribution in [3.05, 3.63) is 66.0 Å². The van der Waals surface area contributed by atoms with Crippen molar-refractivity contribution in [1.29, 1.82) is 0 Å². The third-order valence-electron chi connectivity index (χ3n) is 5.30. The van der Waals surface area contributed by atoms with Crippen LogP contribution in [0.15, 0.2) is 63.8 Å². The molecule has 0 saturated carbocycles. The van der Waals surface area contributed by atoms with Crippen LogP contribution in [0, 0.1) is 5.82 Å². The number of nitrogens with one attached hydrogen (secondary N) is 1. The number of hydrogen-bond acceptors (Lipinski definition) is 6. The number of amides is 1. The fourth-order valence-electron chi connectivity index (χ4n) is 3.38. The highest BCUT2D eigenvalue weighted by atomic mass is 19.1. The Morgan fingerprint density at radius 3 is 2.50 bits per heavy atom. The first-order chi connectivity index (χ1) is 14.4. The summed E-state index contributed by atoms with van der Waals surface area (Å²) in [7, 11) is 0. The number of furan rings is 1. The third-order valence-corrected chi connectivity index (χ3v) is 5.30. The van der Waals surface area contributed by atoms with Gasteiger partial charge in [-0.25, -0.2) is 9.38 Å². The monoisotopic (exact) mass is 414 g/mol. The molecule has 160 valence electrons. The number of likely N-dealkylation sites (tertiary alicyclic amines) is 1. The number of amidine groups is 1. The lowest BCUT2D eigenvalue weighted by molar-refractivity contribution is -0.114. The lowest BCUT2D eigenvalue weighted by Gasteiger charge is -2.41. The number of rotatable bonds is 8. The molecule has 0 atom stereocenters. The van der Waals surface area contributed by atoms with E-state index in [1.54, 1.807) is 6.26 Å². The number of carbonyl (C=O) groups is 1. The molecular weight excluding hydrogens is 387 g/mol. The molecule has 2 aromatic rings. The molecule has 1 aliphatic rings. The fourth-order valence-corrected chi connectivity index (χ4v) is 3.38. The van der Waals surface area contributed by atoms with E-state index in [2.05, 4.69) is 15.2 Å².